The first kappa shape index (κ1) is 13.8. The van der Waals surface area contributed by atoms with Crippen LogP contribution in [0, 0.1) is 5.92 Å². The van der Waals surface area contributed by atoms with E-state index in [-0.39, 0.29) is 11.8 Å². The molecule has 5 heteroatoms. The number of nitrogens with one attached hydrogen (secondary N) is 1. The van der Waals surface area contributed by atoms with Gasteiger partial charge in [0.25, 0.3) is 0 Å². The molecule has 1 aromatic carbocycles. The molecular formula is C16H19N3O2. The van der Waals surface area contributed by atoms with Crippen molar-refractivity contribution in [1.82, 2.24) is 15.1 Å². The van der Waals surface area contributed by atoms with E-state index in [2.05, 4.69) is 10.2 Å². The van der Waals surface area contributed by atoms with Gasteiger partial charge in [-0.25, -0.2) is 0 Å². The van der Waals surface area contributed by atoms with Crippen LogP contribution in [-0.4, -0.2) is 41.3 Å². The van der Waals surface area contributed by atoms with E-state index in [1.165, 1.54) is 0 Å². The van der Waals surface area contributed by atoms with Crippen LogP contribution in [0.5, 0.6) is 0 Å². The van der Waals surface area contributed by atoms with Crippen molar-refractivity contribution in [3.63, 3.8) is 0 Å². The van der Waals surface area contributed by atoms with Gasteiger partial charge < -0.3 is 9.64 Å². The smallest absolute Gasteiger partial charge is 0.228 e. The van der Waals surface area contributed by atoms with Gasteiger partial charge in [-0.15, -0.1) is 0 Å². The first-order chi connectivity index (χ1) is 10.2. The Bertz CT molecular complexity index is 603. The maximum absolute atomic E-state index is 12.2. The van der Waals surface area contributed by atoms with E-state index in [1.807, 2.05) is 43.4 Å². The molecule has 0 radical (unpaired) electrons. The standard InChI is InChI=1S/C16H19N3O2/c1-19(16(20)13-7-8-21-11-13)10-14-9-15(18-17-14)12-5-3-2-4-6-12/h2-6,9,13H,7-8,10-11H2,1H3,(H,17,18). The second-order valence-electron chi connectivity index (χ2n) is 5.40. The third kappa shape index (κ3) is 3.13. The van der Waals surface area contributed by atoms with Crippen LogP contribution in [0.25, 0.3) is 11.3 Å². The number of aromatic nitrogens is 2. The van der Waals surface area contributed by atoms with Crippen LogP contribution in [0.3, 0.4) is 0 Å². The van der Waals surface area contributed by atoms with Gasteiger partial charge >= 0.3 is 0 Å². The molecule has 1 N–H and O–H groups in total. The average Bonchev–Trinajstić information content (AvgIpc) is 3.19. The van der Waals surface area contributed by atoms with Crippen molar-refractivity contribution >= 4 is 5.91 Å². The number of hydrogen-bond donors (Lipinski definition) is 1. The maximum atomic E-state index is 12.2. The Morgan fingerprint density at radius 1 is 1.43 bits per heavy atom. The van der Waals surface area contributed by atoms with Crippen LogP contribution in [-0.2, 0) is 16.1 Å². The minimum atomic E-state index is 0.00603. The Labute approximate surface area is 123 Å². The number of carbonyl (C=O) groups excluding carboxylic acids is 1. The summed E-state index contributed by atoms with van der Waals surface area (Å²) in [7, 11) is 1.82. The van der Waals surface area contributed by atoms with Crippen LogP contribution in [0.1, 0.15) is 12.1 Å². The van der Waals surface area contributed by atoms with Crippen LogP contribution < -0.4 is 0 Å². The average molecular weight is 285 g/mol. The number of benzene rings is 1. The zero-order chi connectivity index (χ0) is 14.7. The minimum absolute atomic E-state index is 0.00603. The number of nitrogens with zero attached hydrogens (tertiary/aromatic N) is 2. The van der Waals surface area contributed by atoms with Crippen molar-refractivity contribution in [2.75, 3.05) is 20.3 Å². The molecule has 1 saturated heterocycles. The topological polar surface area (TPSA) is 58.2 Å². The molecule has 1 aliphatic heterocycles. The number of ether oxygens (including phenoxy) is 1. The van der Waals surface area contributed by atoms with Crippen molar-refractivity contribution in [3.05, 3.63) is 42.1 Å². The molecule has 1 aliphatic rings. The number of hydrogen-bond acceptors (Lipinski definition) is 3. The predicted octanol–water partition coefficient (Wildman–Crippen LogP) is 2.07. The van der Waals surface area contributed by atoms with Gasteiger partial charge in [0.1, 0.15) is 0 Å². The van der Waals surface area contributed by atoms with E-state index in [9.17, 15) is 4.79 Å². The van der Waals surface area contributed by atoms with E-state index in [1.54, 1.807) is 4.90 Å². The second kappa shape index (κ2) is 6.10. The number of amides is 1. The fourth-order valence-corrected chi connectivity index (χ4v) is 2.57. The lowest BCUT2D eigenvalue weighted by Crippen LogP contribution is -2.32. The lowest BCUT2D eigenvalue weighted by molar-refractivity contribution is -0.134. The third-order valence-electron chi connectivity index (χ3n) is 3.76. The molecule has 1 fully saturated rings. The van der Waals surface area contributed by atoms with Gasteiger partial charge in [0, 0.05) is 19.2 Å². The molecule has 2 heterocycles. The van der Waals surface area contributed by atoms with Crippen LogP contribution in [0.15, 0.2) is 36.4 Å². The summed E-state index contributed by atoms with van der Waals surface area (Å²) in [4.78, 5) is 14.0. The summed E-state index contributed by atoms with van der Waals surface area (Å²) in [6, 6.07) is 12.0. The molecule has 1 amide bonds. The second-order valence-corrected chi connectivity index (χ2v) is 5.40. The monoisotopic (exact) mass is 285 g/mol. The molecular weight excluding hydrogens is 266 g/mol. The summed E-state index contributed by atoms with van der Waals surface area (Å²) < 4.78 is 5.27. The van der Waals surface area contributed by atoms with Crippen molar-refractivity contribution in [3.8, 4) is 11.3 Å². The van der Waals surface area contributed by atoms with Gasteiger partial charge in [-0.1, -0.05) is 30.3 Å². The lowest BCUT2D eigenvalue weighted by Gasteiger charge is -2.19. The van der Waals surface area contributed by atoms with Gasteiger partial charge in [-0.3, -0.25) is 9.89 Å². The van der Waals surface area contributed by atoms with Gasteiger partial charge in [0.15, 0.2) is 0 Å². The molecule has 0 aliphatic carbocycles. The molecule has 0 bridgehead atoms. The summed E-state index contributed by atoms with van der Waals surface area (Å²) >= 11 is 0. The lowest BCUT2D eigenvalue weighted by atomic mass is 10.1. The zero-order valence-electron chi connectivity index (χ0n) is 12.1. The Morgan fingerprint density at radius 2 is 2.24 bits per heavy atom. The molecule has 110 valence electrons. The van der Waals surface area contributed by atoms with Crippen molar-refractivity contribution in [1.29, 1.82) is 0 Å². The summed E-state index contributed by atoms with van der Waals surface area (Å²) in [5, 5.41) is 7.31. The van der Waals surface area contributed by atoms with Gasteiger partial charge in [0.05, 0.1) is 30.5 Å². The van der Waals surface area contributed by atoms with Crippen LogP contribution in [0.4, 0.5) is 0 Å². The molecule has 0 spiro atoms. The first-order valence-corrected chi connectivity index (χ1v) is 7.16. The SMILES string of the molecule is CN(Cc1cc(-c2ccccc2)n[nH]1)C(=O)C1CCOC1. The van der Waals surface area contributed by atoms with E-state index in [4.69, 9.17) is 4.74 Å². The summed E-state index contributed by atoms with van der Waals surface area (Å²) in [6.45, 7) is 1.77. The number of aromatic amines is 1. The molecule has 2 aromatic rings. The van der Waals surface area contributed by atoms with Crippen molar-refractivity contribution in [2.45, 2.75) is 13.0 Å². The summed E-state index contributed by atoms with van der Waals surface area (Å²) in [6.07, 6.45) is 0.821. The number of H-pyrrole nitrogens is 1. The molecule has 0 saturated carbocycles. The highest BCUT2D eigenvalue weighted by Gasteiger charge is 2.26. The van der Waals surface area contributed by atoms with E-state index in [0.717, 1.165) is 23.4 Å². The molecule has 5 nitrogen and oxygen atoms in total. The Balaban J connectivity index is 1.65. The van der Waals surface area contributed by atoms with Gasteiger partial charge in [-0.2, -0.15) is 5.10 Å². The minimum Gasteiger partial charge on any atom is -0.381 e. The van der Waals surface area contributed by atoms with E-state index < -0.39 is 0 Å². The number of rotatable bonds is 4. The predicted molar refractivity (Wildman–Crippen MR) is 79.4 cm³/mol. The molecule has 1 unspecified atom stereocenters. The van der Waals surface area contributed by atoms with Gasteiger partial charge in [0.2, 0.25) is 5.91 Å². The first-order valence-electron chi connectivity index (χ1n) is 7.16. The quantitative estimate of drug-likeness (QED) is 0.935. The number of carbonyl (C=O) groups is 1. The van der Waals surface area contributed by atoms with Crippen molar-refractivity contribution < 1.29 is 9.53 Å². The summed E-state index contributed by atoms with van der Waals surface area (Å²) in [5.74, 6) is 0.148. The highest BCUT2D eigenvalue weighted by Crippen LogP contribution is 2.19. The molecule has 1 atom stereocenters. The zero-order valence-corrected chi connectivity index (χ0v) is 12.1. The Kier molecular flexibility index (Phi) is 4.01. The van der Waals surface area contributed by atoms with Crippen LogP contribution >= 0.6 is 0 Å². The maximum Gasteiger partial charge on any atom is 0.228 e. The van der Waals surface area contributed by atoms with Crippen LogP contribution in [0.2, 0.25) is 0 Å². The van der Waals surface area contributed by atoms with E-state index >= 15 is 0 Å². The fourth-order valence-electron chi connectivity index (χ4n) is 2.57. The third-order valence-corrected chi connectivity index (χ3v) is 3.76. The van der Waals surface area contributed by atoms with E-state index in [0.29, 0.717) is 19.8 Å². The highest BCUT2D eigenvalue weighted by atomic mass is 16.5. The normalized spacial score (nSPS) is 17.9. The highest BCUT2D eigenvalue weighted by molar-refractivity contribution is 5.79. The van der Waals surface area contributed by atoms with Gasteiger partial charge in [-0.05, 0) is 12.5 Å². The Morgan fingerprint density at radius 3 is 2.95 bits per heavy atom. The van der Waals surface area contributed by atoms with Crippen molar-refractivity contribution in [2.24, 2.45) is 5.92 Å². The molecule has 3 rings (SSSR count). The summed E-state index contributed by atoms with van der Waals surface area (Å²) in [5.41, 5.74) is 2.90. The largest absolute Gasteiger partial charge is 0.381 e. The Hall–Kier alpha value is -2.14. The molecule has 1 aromatic heterocycles. The molecule has 21 heavy (non-hydrogen) atoms. The fraction of sp³-hybridized carbons (Fsp3) is 0.375.